The van der Waals surface area contributed by atoms with Gasteiger partial charge in [0.2, 0.25) is 0 Å². The summed E-state index contributed by atoms with van der Waals surface area (Å²) in [5.41, 5.74) is 7.16. The van der Waals surface area contributed by atoms with Crippen LogP contribution in [0.1, 0.15) is 24.9 Å². The molecule has 0 fully saturated rings. The smallest absolute Gasteiger partial charge is 0.305 e. The normalized spacial score (nSPS) is 11.9. The molecule has 0 saturated carbocycles. The number of hydrogen-bond donors (Lipinski definition) is 2. The van der Waals surface area contributed by atoms with Gasteiger partial charge in [-0.1, -0.05) is 12.1 Å². The van der Waals surface area contributed by atoms with Crippen molar-refractivity contribution in [3.8, 4) is 17.1 Å². The number of hydrogen-bond acceptors (Lipinski definition) is 5. The van der Waals surface area contributed by atoms with E-state index in [1.165, 1.54) is 0 Å². The van der Waals surface area contributed by atoms with Crippen LogP contribution >= 0.6 is 0 Å². The molecule has 0 spiro atoms. The highest BCUT2D eigenvalue weighted by Gasteiger charge is 2.13. The summed E-state index contributed by atoms with van der Waals surface area (Å²) in [7, 11) is 0. The van der Waals surface area contributed by atoms with Gasteiger partial charge in [-0.15, -0.1) is 0 Å². The maximum Gasteiger partial charge on any atom is 0.305 e. The van der Waals surface area contributed by atoms with Gasteiger partial charge in [0.25, 0.3) is 0 Å². The average Bonchev–Trinajstić information content (AvgIpc) is 2.48. The van der Waals surface area contributed by atoms with Crippen LogP contribution in [0, 0.1) is 0 Å². The first-order chi connectivity index (χ1) is 10.1. The summed E-state index contributed by atoms with van der Waals surface area (Å²) in [4.78, 5) is 19.2. The molecule has 110 valence electrons. The van der Waals surface area contributed by atoms with E-state index >= 15 is 0 Å². The molecule has 3 N–H and O–H groups in total. The van der Waals surface area contributed by atoms with Gasteiger partial charge in [0.1, 0.15) is 5.75 Å². The molecular formula is C15H17N3O3. The SMILES string of the molecule is CCOc1ccccc1-c1ncc(C(N)CC(=O)O)cn1. The van der Waals surface area contributed by atoms with E-state index in [2.05, 4.69) is 9.97 Å². The average molecular weight is 287 g/mol. The molecule has 2 rings (SSSR count). The van der Waals surface area contributed by atoms with Crippen molar-refractivity contribution >= 4 is 5.97 Å². The summed E-state index contributed by atoms with van der Waals surface area (Å²) in [5.74, 6) is 0.279. The topological polar surface area (TPSA) is 98.3 Å². The lowest BCUT2D eigenvalue weighted by molar-refractivity contribution is -0.137. The quantitative estimate of drug-likeness (QED) is 0.843. The zero-order valence-electron chi connectivity index (χ0n) is 11.7. The summed E-state index contributed by atoms with van der Waals surface area (Å²) < 4.78 is 5.54. The monoisotopic (exact) mass is 287 g/mol. The Morgan fingerprint density at radius 1 is 1.33 bits per heavy atom. The van der Waals surface area contributed by atoms with Gasteiger partial charge in [-0.2, -0.15) is 0 Å². The minimum absolute atomic E-state index is 0.155. The van der Waals surface area contributed by atoms with Crippen LogP contribution in [0.15, 0.2) is 36.7 Å². The molecule has 1 unspecified atom stereocenters. The number of carbonyl (C=O) groups is 1. The second kappa shape index (κ2) is 6.81. The lowest BCUT2D eigenvalue weighted by atomic mass is 10.1. The summed E-state index contributed by atoms with van der Waals surface area (Å²) in [6, 6.07) is 6.87. The fourth-order valence-electron chi connectivity index (χ4n) is 1.91. The molecule has 6 nitrogen and oxygen atoms in total. The number of ether oxygens (including phenoxy) is 1. The van der Waals surface area contributed by atoms with Gasteiger partial charge in [-0.3, -0.25) is 4.79 Å². The van der Waals surface area contributed by atoms with Crippen LogP contribution < -0.4 is 10.5 Å². The Morgan fingerprint density at radius 3 is 2.62 bits per heavy atom. The molecule has 21 heavy (non-hydrogen) atoms. The van der Waals surface area contributed by atoms with Gasteiger partial charge in [0.15, 0.2) is 5.82 Å². The second-order valence-corrected chi connectivity index (χ2v) is 4.47. The van der Waals surface area contributed by atoms with Gasteiger partial charge < -0.3 is 15.6 Å². The first-order valence-electron chi connectivity index (χ1n) is 6.63. The molecular weight excluding hydrogens is 270 g/mol. The number of benzene rings is 1. The van der Waals surface area contributed by atoms with Gasteiger partial charge in [-0.25, -0.2) is 9.97 Å². The standard InChI is InChI=1S/C15H17N3O3/c1-2-21-13-6-4-3-5-11(13)15-17-8-10(9-18-15)12(16)7-14(19)20/h3-6,8-9,12H,2,7,16H2,1H3,(H,19,20). The summed E-state index contributed by atoms with van der Waals surface area (Å²) in [6.45, 7) is 2.46. The molecule has 1 aromatic carbocycles. The van der Waals surface area contributed by atoms with Crippen LogP contribution in [-0.2, 0) is 4.79 Å². The van der Waals surface area contributed by atoms with Gasteiger partial charge in [0, 0.05) is 24.0 Å². The predicted molar refractivity (Wildman–Crippen MR) is 77.8 cm³/mol. The van der Waals surface area contributed by atoms with Crippen LogP contribution in [0.3, 0.4) is 0 Å². The molecule has 2 aromatic rings. The molecule has 6 heteroatoms. The fraction of sp³-hybridized carbons (Fsp3) is 0.267. The maximum absolute atomic E-state index is 10.7. The Hall–Kier alpha value is -2.47. The number of carboxylic acids is 1. The van der Waals surface area contributed by atoms with Crippen LogP contribution in [0.2, 0.25) is 0 Å². The van der Waals surface area contributed by atoms with Gasteiger partial charge in [0.05, 0.1) is 18.6 Å². The summed E-state index contributed by atoms with van der Waals surface area (Å²) in [5, 5.41) is 8.74. The number of para-hydroxylation sites is 1. The van der Waals surface area contributed by atoms with Crippen LogP contribution in [0.5, 0.6) is 5.75 Å². The van der Waals surface area contributed by atoms with Crippen molar-refractivity contribution in [2.75, 3.05) is 6.61 Å². The Morgan fingerprint density at radius 2 is 2.00 bits per heavy atom. The molecule has 1 aromatic heterocycles. The van der Waals surface area contributed by atoms with E-state index in [4.69, 9.17) is 15.6 Å². The van der Waals surface area contributed by atoms with E-state index in [-0.39, 0.29) is 6.42 Å². The Labute approximate surface area is 122 Å². The molecule has 0 aliphatic carbocycles. The van der Waals surface area contributed by atoms with Crippen LogP contribution in [0.25, 0.3) is 11.4 Å². The first kappa shape index (κ1) is 14.9. The maximum atomic E-state index is 10.7. The highest BCUT2D eigenvalue weighted by Crippen LogP contribution is 2.27. The zero-order chi connectivity index (χ0) is 15.2. The third-order valence-corrected chi connectivity index (χ3v) is 2.92. The molecule has 0 aliphatic heterocycles. The summed E-state index contributed by atoms with van der Waals surface area (Å²) >= 11 is 0. The largest absolute Gasteiger partial charge is 0.493 e. The van der Waals surface area contributed by atoms with Crippen LogP contribution in [0.4, 0.5) is 0 Å². The highest BCUT2D eigenvalue weighted by molar-refractivity contribution is 5.68. The highest BCUT2D eigenvalue weighted by atomic mass is 16.5. The van der Waals surface area contributed by atoms with Crippen molar-refractivity contribution in [1.82, 2.24) is 9.97 Å². The first-order valence-corrected chi connectivity index (χ1v) is 6.63. The van der Waals surface area contributed by atoms with Crippen LogP contribution in [-0.4, -0.2) is 27.7 Å². The molecule has 0 radical (unpaired) electrons. The van der Waals surface area contributed by atoms with E-state index in [1.807, 2.05) is 31.2 Å². The van der Waals surface area contributed by atoms with E-state index in [0.717, 1.165) is 5.56 Å². The number of aromatic nitrogens is 2. The molecule has 0 bridgehead atoms. The van der Waals surface area contributed by atoms with Crippen molar-refractivity contribution < 1.29 is 14.6 Å². The Bertz CT molecular complexity index is 614. The van der Waals surface area contributed by atoms with Crippen molar-refractivity contribution in [3.63, 3.8) is 0 Å². The van der Waals surface area contributed by atoms with E-state index in [1.54, 1.807) is 12.4 Å². The second-order valence-electron chi connectivity index (χ2n) is 4.47. The molecule has 0 saturated heterocycles. The molecule has 0 amide bonds. The lowest BCUT2D eigenvalue weighted by Gasteiger charge is -2.11. The zero-order valence-corrected chi connectivity index (χ0v) is 11.7. The Kier molecular flexibility index (Phi) is 4.84. The Balaban J connectivity index is 2.25. The van der Waals surface area contributed by atoms with Gasteiger partial charge >= 0.3 is 5.97 Å². The van der Waals surface area contributed by atoms with E-state index in [9.17, 15) is 4.79 Å². The number of nitrogens with two attached hydrogens (primary N) is 1. The van der Waals surface area contributed by atoms with E-state index in [0.29, 0.717) is 23.7 Å². The summed E-state index contributed by atoms with van der Waals surface area (Å²) in [6.07, 6.45) is 2.95. The van der Waals surface area contributed by atoms with Crippen molar-refractivity contribution in [1.29, 1.82) is 0 Å². The fourth-order valence-corrected chi connectivity index (χ4v) is 1.91. The lowest BCUT2D eigenvalue weighted by Crippen LogP contribution is -2.15. The minimum Gasteiger partial charge on any atom is -0.493 e. The van der Waals surface area contributed by atoms with E-state index < -0.39 is 12.0 Å². The number of rotatable bonds is 6. The number of carboxylic acid groups (broad SMARTS) is 1. The van der Waals surface area contributed by atoms with Crippen molar-refractivity contribution in [3.05, 3.63) is 42.2 Å². The van der Waals surface area contributed by atoms with Crippen molar-refractivity contribution in [2.24, 2.45) is 5.73 Å². The molecule has 1 heterocycles. The third kappa shape index (κ3) is 3.76. The van der Waals surface area contributed by atoms with Gasteiger partial charge in [-0.05, 0) is 19.1 Å². The van der Waals surface area contributed by atoms with Crippen molar-refractivity contribution in [2.45, 2.75) is 19.4 Å². The predicted octanol–water partition coefficient (Wildman–Crippen LogP) is 2.02. The third-order valence-electron chi connectivity index (χ3n) is 2.92. The number of aliphatic carboxylic acids is 1. The molecule has 0 aliphatic rings. The molecule has 1 atom stereocenters. The number of nitrogens with zero attached hydrogens (tertiary/aromatic N) is 2. The minimum atomic E-state index is -0.951.